The van der Waals surface area contributed by atoms with Gasteiger partial charge in [0.25, 0.3) is 17.4 Å². The number of hydrogen-bond acceptors (Lipinski definition) is 7. The summed E-state index contributed by atoms with van der Waals surface area (Å²) < 4.78 is 2.42. The quantitative estimate of drug-likeness (QED) is 0.574. The number of aromatic nitrogens is 6. The summed E-state index contributed by atoms with van der Waals surface area (Å²) in [7, 11) is 0. The molecule has 0 aliphatic rings. The van der Waals surface area contributed by atoms with Crippen LogP contribution in [0.15, 0.2) is 29.2 Å². The lowest BCUT2D eigenvalue weighted by atomic mass is 10.1. The Hall–Kier alpha value is -3.14. The number of fused-ring (bicyclic) bond motifs is 3. The van der Waals surface area contributed by atoms with Crippen LogP contribution in [0.25, 0.3) is 15.2 Å². The maximum Gasteiger partial charge on any atom is 0.271 e. The molecule has 0 aliphatic carbocycles. The monoisotopic (exact) mass is 355 g/mol. The lowest BCUT2D eigenvalue weighted by molar-refractivity contribution is 0.102. The van der Waals surface area contributed by atoms with Crippen LogP contribution in [-0.2, 0) is 6.42 Å². The molecule has 0 bridgehead atoms. The summed E-state index contributed by atoms with van der Waals surface area (Å²) in [5, 5.41) is 15.2. The molecule has 10 heteroatoms. The van der Waals surface area contributed by atoms with Gasteiger partial charge >= 0.3 is 0 Å². The van der Waals surface area contributed by atoms with Gasteiger partial charge in [-0.25, -0.2) is 4.98 Å². The second-order valence-electron chi connectivity index (χ2n) is 5.44. The summed E-state index contributed by atoms with van der Waals surface area (Å²) in [4.78, 5) is 29.9. The van der Waals surface area contributed by atoms with E-state index < -0.39 is 11.5 Å². The first kappa shape index (κ1) is 15.4. The molecule has 25 heavy (non-hydrogen) atoms. The summed E-state index contributed by atoms with van der Waals surface area (Å²) >= 11 is 1.42. The van der Waals surface area contributed by atoms with Gasteiger partial charge in [0.05, 0.1) is 10.2 Å². The number of carbonyl (C=O) groups excluding carboxylic acids is 1. The number of aryl methyl sites for hydroxylation is 1. The summed E-state index contributed by atoms with van der Waals surface area (Å²) in [6.07, 6.45) is 3.30. The third-order valence-corrected chi connectivity index (χ3v) is 4.77. The minimum atomic E-state index is -0.629. The van der Waals surface area contributed by atoms with E-state index in [1.54, 1.807) is 0 Å². The molecule has 0 saturated heterocycles. The summed E-state index contributed by atoms with van der Waals surface area (Å²) in [6.45, 7) is 2.12. The van der Waals surface area contributed by atoms with Gasteiger partial charge in [-0.2, -0.15) is 5.21 Å². The number of nitrogens with one attached hydrogen (secondary N) is 2. The van der Waals surface area contributed by atoms with Gasteiger partial charge in [0, 0.05) is 6.20 Å². The molecular formula is C15H13N7O2S. The molecule has 3 heterocycles. The van der Waals surface area contributed by atoms with E-state index in [-0.39, 0.29) is 11.5 Å². The lowest BCUT2D eigenvalue weighted by Gasteiger charge is -2.01. The van der Waals surface area contributed by atoms with Gasteiger partial charge in [-0.1, -0.05) is 35.8 Å². The van der Waals surface area contributed by atoms with Crippen molar-refractivity contribution in [2.45, 2.75) is 19.8 Å². The molecule has 1 amide bonds. The highest BCUT2D eigenvalue weighted by atomic mass is 32.1. The minimum Gasteiger partial charge on any atom is -0.288 e. The van der Waals surface area contributed by atoms with Gasteiger partial charge in [0.2, 0.25) is 0 Å². The molecule has 0 fully saturated rings. The normalized spacial score (nSPS) is 11.2. The number of carbonyl (C=O) groups is 1. The first-order valence-electron chi connectivity index (χ1n) is 7.65. The Labute approximate surface area is 144 Å². The lowest BCUT2D eigenvalue weighted by Crippen LogP contribution is -2.26. The van der Waals surface area contributed by atoms with Crippen LogP contribution in [0.2, 0.25) is 0 Å². The van der Waals surface area contributed by atoms with Gasteiger partial charge in [0.15, 0.2) is 4.96 Å². The first-order chi connectivity index (χ1) is 12.2. The molecule has 9 nitrogen and oxygen atoms in total. The molecule has 3 aromatic heterocycles. The average Bonchev–Trinajstić information content (AvgIpc) is 3.22. The van der Waals surface area contributed by atoms with E-state index in [9.17, 15) is 9.59 Å². The number of hydrogen-bond donors (Lipinski definition) is 2. The van der Waals surface area contributed by atoms with Crippen molar-refractivity contribution >= 4 is 38.4 Å². The maximum absolute atomic E-state index is 12.8. The summed E-state index contributed by atoms with van der Waals surface area (Å²) in [5.41, 5.74) is 1.44. The largest absolute Gasteiger partial charge is 0.288 e. The van der Waals surface area contributed by atoms with E-state index in [0.29, 0.717) is 4.96 Å². The summed E-state index contributed by atoms with van der Waals surface area (Å²) in [6, 6.07) is 5.96. The topological polar surface area (TPSA) is 118 Å². The minimum absolute atomic E-state index is 0.00567. The van der Waals surface area contributed by atoms with Gasteiger partial charge in [-0.15, -0.1) is 5.10 Å². The van der Waals surface area contributed by atoms with E-state index in [0.717, 1.165) is 23.1 Å². The predicted molar refractivity (Wildman–Crippen MR) is 93.0 cm³/mol. The van der Waals surface area contributed by atoms with Gasteiger partial charge in [-0.3, -0.25) is 19.3 Å². The highest BCUT2D eigenvalue weighted by Gasteiger charge is 2.17. The van der Waals surface area contributed by atoms with Crippen molar-refractivity contribution in [3.8, 4) is 0 Å². The Morgan fingerprint density at radius 3 is 3.04 bits per heavy atom. The molecule has 0 atom stereocenters. The number of anilines is 1. The van der Waals surface area contributed by atoms with Gasteiger partial charge in [0.1, 0.15) is 5.56 Å². The SMILES string of the molecule is CCCc1ccc2c(c1)sc1ncc(C(=O)Nc3nn[nH]n3)c(=O)n12. The zero-order chi connectivity index (χ0) is 17.4. The van der Waals surface area contributed by atoms with E-state index >= 15 is 0 Å². The van der Waals surface area contributed by atoms with Crippen LogP contribution in [0.4, 0.5) is 5.95 Å². The van der Waals surface area contributed by atoms with Crippen LogP contribution < -0.4 is 10.9 Å². The number of aromatic amines is 1. The zero-order valence-corrected chi connectivity index (χ0v) is 14.0. The van der Waals surface area contributed by atoms with Gasteiger partial charge < -0.3 is 0 Å². The van der Waals surface area contributed by atoms with E-state index in [1.165, 1.54) is 27.5 Å². The molecule has 4 aromatic rings. The number of nitrogens with zero attached hydrogens (tertiary/aromatic N) is 5. The number of benzene rings is 1. The highest BCUT2D eigenvalue weighted by Crippen LogP contribution is 2.25. The van der Waals surface area contributed by atoms with Crippen molar-refractivity contribution in [2.24, 2.45) is 0 Å². The number of rotatable bonds is 4. The first-order valence-corrected chi connectivity index (χ1v) is 8.47. The molecule has 0 unspecified atom stereocenters. The third kappa shape index (κ3) is 2.66. The average molecular weight is 355 g/mol. The van der Waals surface area contributed by atoms with Crippen molar-refractivity contribution in [1.29, 1.82) is 0 Å². The fraction of sp³-hybridized carbons (Fsp3) is 0.200. The van der Waals surface area contributed by atoms with Crippen molar-refractivity contribution in [3.63, 3.8) is 0 Å². The Balaban J connectivity index is 1.82. The fourth-order valence-corrected chi connectivity index (χ4v) is 3.68. The molecular weight excluding hydrogens is 342 g/mol. The number of thiazole rings is 1. The number of amides is 1. The Morgan fingerprint density at radius 2 is 2.28 bits per heavy atom. The second-order valence-corrected chi connectivity index (χ2v) is 6.45. The summed E-state index contributed by atoms with van der Waals surface area (Å²) in [5.74, 6) is -0.635. The van der Waals surface area contributed by atoms with Crippen LogP contribution >= 0.6 is 11.3 Å². The molecule has 126 valence electrons. The maximum atomic E-state index is 12.8. The van der Waals surface area contributed by atoms with Crippen LogP contribution in [0.1, 0.15) is 29.3 Å². The standard InChI is InChI=1S/C15H13N7O2S/c1-2-3-8-4-5-10-11(6-8)25-15-16-7-9(13(24)22(10)15)12(23)17-14-18-20-21-19-14/h4-7H,2-3H2,1H3,(H2,17,18,19,20,21,23). The smallest absolute Gasteiger partial charge is 0.271 e. The molecule has 0 aliphatic heterocycles. The van der Waals surface area contributed by atoms with E-state index in [4.69, 9.17) is 0 Å². The molecule has 4 rings (SSSR count). The number of H-pyrrole nitrogens is 1. The Bertz CT molecular complexity index is 1130. The molecule has 0 saturated carbocycles. The van der Waals surface area contributed by atoms with Crippen molar-refractivity contribution in [2.75, 3.05) is 5.32 Å². The number of tetrazole rings is 1. The third-order valence-electron chi connectivity index (χ3n) is 3.75. The molecule has 2 N–H and O–H groups in total. The molecule has 1 aromatic carbocycles. The Kier molecular flexibility index (Phi) is 3.73. The zero-order valence-electron chi connectivity index (χ0n) is 13.2. The van der Waals surface area contributed by atoms with Crippen molar-refractivity contribution in [1.82, 2.24) is 30.0 Å². The van der Waals surface area contributed by atoms with Crippen LogP contribution in [0.3, 0.4) is 0 Å². The second kappa shape index (κ2) is 6.06. The van der Waals surface area contributed by atoms with Crippen LogP contribution in [-0.4, -0.2) is 35.9 Å². The van der Waals surface area contributed by atoms with E-state index in [1.807, 2.05) is 12.1 Å². The fourth-order valence-electron chi connectivity index (χ4n) is 2.63. The van der Waals surface area contributed by atoms with Crippen molar-refractivity contribution in [3.05, 3.63) is 45.9 Å². The predicted octanol–water partition coefficient (Wildman–Crippen LogP) is 1.63. The highest BCUT2D eigenvalue weighted by molar-refractivity contribution is 7.23. The molecule has 0 radical (unpaired) electrons. The van der Waals surface area contributed by atoms with Crippen LogP contribution in [0, 0.1) is 0 Å². The van der Waals surface area contributed by atoms with Crippen molar-refractivity contribution < 1.29 is 4.79 Å². The Morgan fingerprint density at radius 1 is 1.40 bits per heavy atom. The molecule has 0 spiro atoms. The van der Waals surface area contributed by atoms with Gasteiger partial charge in [-0.05, 0) is 29.3 Å². The van der Waals surface area contributed by atoms with E-state index in [2.05, 4.69) is 43.9 Å². The van der Waals surface area contributed by atoms with Crippen LogP contribution in [0.5, 0.6) is 0 Å².